The quantitative estimate of drug-likeness (QED) is 0.585. The topological polar surface area (TPSA) is 65.8 Å². The van der Waals surface area contributed by atoms with Crippen LogP contribution in [0.25, 0.3) is 0 Å². The Balaban J connectivity index is 1.20. The van der Waals surface area contributed by atoms with E-state index >= 15 is 0 Å². The molecule has 10 heteroatoms. The third-order valence-corrected chi connectivity index (χ3v) is 6.33. The zero-order chi connectivity index (χ0) is 22.7. The fourth-order valence-electron chi connectivity index (χ4n) is 4.83. The van der Waals surface area contributed by atoms with E-state index < -0.39 is 28.9 Å². The second kappa shape index (κ2) is 7.24. The average Bonchev–Trinajstić information content (AvgIpc) is 3.45. The first-order valence-electron chi connectivity index (χ1n) is 10.5. The number of anilines is 1. The molecule has 1 spiro atoms. The number of nitrogens with zero attached hydrogens (tertiary/aromatic N) is 3. The van der Waals surface area contributed by atoms with E-state index in [4.69, 9.17) is 14.2 Å². The summed E-state index contributed by atoms with van der Waals surface area (Å²) in [5.41, 5.74) is -0.442. The van der Waals surface area contributed by atoms with Crippen LogP contribution in [0.4, 0.5) is 19.0 Å². The Labute approximate surface area is 185 Å². The van der Waals surface area contributed by atoms with Gasteiger partial charge in [0.25, 0.3) is 0 Å². The van der Waals surface area contributed by atoms with Gasteiger partial charge in [-0.05, 0) is 42.0 Å². The van der Waals surface area contributed by atoms with Crippen LogP contribution in [0.5, 0.6) is 17.4 Å². The molecule has 0 radical (unpaired) electrons. The van der Waals surface area contributed by atoms with Crippen molar-refractivity contribution in [2.24, 2.45) is 0 Å². The first-order chi connectivity index (χ1) is 15.9. The summed E-state index contributed by atoms with van der Waals surface area (Å²) in [7, 11) is 0. The Morgan fingerprint density at radius 2 is 1.88 bits per heavy atom. The molecule has 3 aromatic rings. The lowest BCUT2D eigenvalue weighted by molar-refractivity contribution is 0.0856. The molecule has 170 valence electrons. The highest BCUT2D eigenvalue weighted by atomic mass is 19.1. The van der Waals surface area contributed by atoms with Crippen LogP contribution in [-0.4, -0.2) is 34.3 Å². The van der Waals surface area contributed by atoms with Gasteiger partial charge in [0.2, 0.25) is 5.88 Å². The molecular formula is C23H18F3N3O4. The minimum atomic E-state index is -0.935. The van der Waals surface area contributed by atoms with E-state index in [1.807, 2.05) is 0 Å². The lowest BCUT2D eigenvalue weighted by Gasteiger charge is -2.32. The molecule has 2 bridgehead atoms. The van der Waals surface area contributed by atoms with Crippen LogP contribution in [0.3, 0.4) is 0 Å². The number of aromatic nitrogens is 2. The molecule has 1 aromatic heterocycles. The number of hydrogen-bond donors (Lipinski definition) is 0. The van der Waals surface area contributed by atoms with Gasteiger partial charge in [-0.2, -0.15) is 4.98 Å². The summed E-state index contributed by atoms with van der Waals surface area (Å²) in [5, 5.41) is 0. The van der Waals surface area contributed by atoms with Crippen molar-refractivity contribution in [2.75, 3.05) is 18.1 Å². The Kier molecular flexibility index (Phi) is 4.41. The number of ether oxygens (including phenoxy) is 3. The maximum absolute atomic E-state index is 14.5. The first kappa shape index (κ1) is 20.1. The van der Waals surface area contributed by atoms with Crippen molar-refractivity contribution in [1.29, 1.82) is 0 Å². The normalized spacial score (nSPS) is 22.4. The molecule has 0 aliphatic carbocycles. The number of morpholine rings is 1. The summed E-state index contributed by atoms with van der Waals surface area (Å²) in [6, 6.07) is 8.62. The Morgan fingerprint density at radius 1 is 1.12 bits per heavy atom. The maximum Gasteiger partial charge on any atom is 0.352 e. The van der Waals surface area contributed by atoms with Gasteiger partial charge in [-0.3, -0.25) is 4.57 Å². The number of rotatable bonds is 5. The van der Waals surface area contributed by atoms with Crippen molar-refractivity contribution in [2.45, 2.75) is 31.2 Å². The van der Waals surface area contributed by atoms with E-state index in [0.717, 1.165) is 36.5 Å². The van der Waals surface area contributed by atoms with Gasteiger partial charge in [0.1, 0.15) is 24.0 Å². The van der Waals surface area contributed by atoms with Crippen LogP contribution in [0.1, 0.15) is 12.0 Å². The fraction of sp³-hybridized carbons (Fsp3) is 0.304. The summed E-state index contributed by atoms with van der Waals surface area (Å²) in [6.45, 7) is 1.60. The van der Waals surface area contributed by atoms with E-state index in [2.05, 4.69) is 9.88 Å². The van der Waals surface area contributed by atoms with Crippen LogP contribution in [0, 0.1) is 17.5 Å². The smallest absolute Gasteiger partial charge is 0.352 e. The van der Waals surface area contributed by atoms with Gasteiger partial charge in [0.05, 0.1) is 24.8 Å². The molecule has 7 nitrogen and oxygen atoms in total. The molecule has 33 heavy (non-hydrogen) atoms. The van der Waals surface area contributed by atoms with Gasteiger partial charge in [0, 0.05) is 19.0 Å². The monoisotopic (exact) mass is 457 g/mol. The SMILES string of the molecule is O=c1nc(OCc2cc(F)c(Oc3ccc(F)cc3)c(F)c2)cc2n1C[C@]13CO[C@H](CN21)C3. The van der Waals surface area contributed by atoms with Crippen LogP contribution >= 0.6 is 0 Å². The molecule has 4 heterocycles. The minimum Gasteiger partial charge on any atom is -0.473 e. The third-order valence-electron chi connectivity index (χ3n) is 6.33. The molecular weight excluding hydrogens is 439 g/mol. The number of halogens is 3. The summed E-state index contributed by atoms with van der Waals surface area (Å²) < 4.78 is 60.2. The molecule has 6 rings (SSSR count). The highest BCUT2D eigenvalue weighted by Crippen LogP contribution is 2.46. The van der Waals surface area contributed by atoms with Crippen LogP contribution < -0.4 is 20.1 Å². The largest absolute Gasteiger partial charge is 0.473 e. The molecule has 3 aliphatic heterocycles. The van der Waals surface area contributed by atoms with Crippen molar-refractivity contribution in [3.05, 3.63) is 76.0 Å². The number of hydrogen-bond acceptors (Lipinski definition) is 6. The van der Waals surface area contributed by atoms with Crippen molar-refractivity contribution in [1.82, 2.24) is 9.55 Å². The molecule has 0 N–H and O–H groups in total. The van der Waals surface area contributed by atoms with Crippen LogP contribution in [0.2, 0.25) is 0 Å². The maximum atomic E-state index is 14.5. The Bertz CT molecular complexity index is 1290. The molecule has 2 fully saturated rings. The van der Waals surface area contributed by atoms with Gasteiger partial charge in [-0.25, -0.2) is 18.0 Å². The fourth-order valence-corrected chi connectivity index (χ4v) is 4.83. The zero-order valence-corrected chi connectivity index (χ0v) is 17.3. The highest BCUT2D eigenvalue weighted by Gasteiger charge is 2.56. The average molecular weight is 457 g/mol. The number of benzene rings is 2. The van der Waals surface area contributed by atoms with Crippen molar-refractivity contribution < 1.29 is 27.4 Å². The molecule has 2 atom stereocenters. The summed E-state index contributed by atoms with van der Waals surface area (Å²) in [6.07, 6.45) is 1.03. The van der Waals surface area contributed by atoms with Crippen molar-refractivity contribution in [3.63, 3.8) is 0 Å². The zero-order valence-electron chi connectivity index (χ0n) is 17.3. The van der Waals surface area contributed by atoms with Gasteiger partial charge in [-0.1, -0.05) is 0 Å². The van der Waals surface area contributed by atoms with Crippen molar-refractivity contribution in [3.8, 4) is 17.4 Å². The Morgan fingerprint density at radius 3 is 2.61 bits per heavy atom. The van der Waals surface area contributed by atoms with E-state index in [0.29, 0.717) is 19.7 Å². The third kappa shape index (κ3) is 3.32. The minimum absolute atomic E-state index is 0.0828. The molecule has 0 saturated carbocycles. The van der Waals surface area contributed by atoms with Gasteiger partial charge < -0.3 is 19.1 Å². The van der Waals surface area contributed by atoms with Gasteiger partial charge in [-0.15, -0.1) is 0 Å². The highest BCUT2D eigenvalue weighted by molar-refractivity contribution is 5.52. The van der Waals surface area contributed by atoms with Gasteiger partial charge in [0.15, 0.2) is 17.4 Å². The standard InChI is InChI=1S/C23H18F3N3O4/c24-14-1-3-15(4-2-14)33-21-17(25)5-13(6-18(21)26)10-31-19-7-20-28(22(30)27-19)11-23-8-16(32-12-23)9-29(20)23/h1-7,16H,8-12H2/t16-,23+/m0/s1. The first-order valence-corrected chi connectivity index (χ1v) is 10.5. The molecule has 3 aliphatic rings. The van der Waals surface area contributed by atoms with Gasteiger partial charge >= 0.3 is 5.69 Å². The Hall–Kier alpha value is -3.53. The van der Waals surface area contributed by atoms with Crippen LogP contribution in [-0.2, 0) is 17.9 Å². The molecule has 0 unspecified atom stereocenters. The summed E-state index contributed by atoms with van der Waals surface area (Å²) in [5.74, 6) is -2.06. The predicted octanol–water partition coefficient (Wildman–Crippen LogP) is 3.39. The summed E-state index contributed by atoms with van der Waals surface area (Å²) >= 11 is 0. The molecule has 0 amide bonds. The lowest BCUT2D eigenvalue weighted by Crippen LogP contribution is -2.46. The molecule has 2 aromatic carbocycles. The summed E-state index contributed by atoms with van der Waals surface area (Å²) in [4.78, 5) is 18.7. The molecule has 2 saturated heterocycles. The second-order valence-electron chi connectivity index (χ2n) is 8.53. The second-order valence-corrected chi connectivity index (χ2v) is 8.53. The van der Waals surface area contributed by atoms with Crippen molar-refractivity contribution >= 4 is 5.82 Å². The lowest BCUT2D eigenvalue weighted by atomic mass is 10.0. The van der Waals surface area contributed by atoms with E-state index in [1.54, 1.807) is 10.6 Å². The van der Waals surface area contributed by atoms with E-state index in [9.17, 15) is 18.0 Å². The van der Waals surface area contributed by atoms with E-state index in [1.165, 1.54) is 12.1 Å². The van der Waals surface area contributed by atoms with E-state index in [-0.39, 0.29) is 35.4 Å². The van der Waals surface area contributed by atoms with Crippen LogP contribution in [0.15, 0.2) is 47.3 Å². The number of fused-ring (bicyclic) bond motifs is 3. The predicted molar refractivity (Wildman–Crippen MR) is 110 cm³/mol.